The number of hydrogen-bond donors (Lipinski definition) is 1. The third-order valence-electron chi connectivity index (χ3n) is 5.01. The first-order valence-corrected chi connectivity index (χ1v) is 11.0. The Morgan fingerprint density at radius 3 is 2.66 bits per heavy atom. The molecule has 0 saturated heterocycles. The van der Waals surface area contributed by atoms with Crippen molar-refractivity contribution < 1.29 is 9.15 Å². The molecule has 160 valence electrons. The Bertz CT molecular complexity index is 1320. The molecule has 0 aliphatic carbocycles. The van der Waals surface area contributed by atoms with Crippen LogP contribution >= 0.6 is 11.3 Å². The summed E-state index contributed by atoms with van der Waals surface area (Å²) >= 11 is 1.61. The zero-order chi connectivity index (χ0) is 21.9. The number of nitrogens with one attached hydrogen (secondary N) is 1. The number of rotatable bonds is 7. The van der Waals surface area contributed by atoms with Gasteiger partial charge in [0.05, 0.1) is 29.9 Å². The maximum Gasteiger partial charge on any atom is 0.230 e. The van der Waals surface area contributed by atoms with E-state index < -0.39 is 0 Å². The van der Waals surface area contributed by atoms with E-state index in [1.165, 1.54) is 5.56 Å². The first-order chi connectivity index (χ1) is 15.7. The quantitative estimate of drug-likeness (QED) is 0.354. The molecule has 0 saturated carbocycles. The van der Waals surface area contributed by atoms with Crippen LogP contribution in [0.4, 0.5) is 5.95 Å². The van der Waals surface area contributed by atoms with E-state index >= 15 is 0 Å². The van der Waals surface area contributed by atoms with Gasteiger partial charge in [0.2, 0.25) is 11.8 Å². The first-order valence-electron chi connectivity index (χ1n) is 10.1. The molecule has 0 atom stereocenters. The van der Waals surface area contributed by atoms with Crippen LogP contribution in [0.15, 0.2) is 76.7 Å². The van der Waals surface area contributed by atoms with Gasteiger partial charge in [-0.05, 0) is 42.6 Å². The van der Waals surface area contributed by atoms with E-state index in [-0.39, 0.29) is 0 Å². The molecule has 32 heavy (non-hydrogen) atoms. The van der Waals surface area contributed by atoms with E-state index in [1.807, 2.05) is 70.6 Å². The van der Waals surface area contributed by atoms with Crippen LogP contribution in [0.3, 0.4) is 0 Å². The van der Waals surface area contributed by atoms with Crippen molar-refractivity contribution in [3.8, 4) is 33.6 Å². The summed E-state index contributed by atoms with van der Waals surface area (Å²) in [5.74, 6) is 2.66. The standard InChI is InChI=1S/C24H21N5O2S/c1-16-9-11-17(12-10-16)23-26-18(15-31-23)14-25-24-28-27-22(21-8-5-13-32-21)29(24)19-6-3-4-7-20(19)30-2/h3-13,15H,14H2,1-2H3,(H,25,28). The highest BCUT2D eigenvalue weighted by Crippen LogP contribution is 2.32. The fraction of sp³-hybridized carbons (Fsp3) is 0.125. The van der Waals surface area contributed by atoms with Gasteiger partial charge in [0.15, 0.2) is 5.82 Å². The smallest absolute Gasteiger partial charge is 0.230 e. The average molecular weight is 444 g/mol. The van der Waals surface area contributed by atoms with E-state index in [1.54, 1.807) is 24.7 Å². The summed E-state index contributed by atoms with van der Waals surface area (Å²) < 4.78 is 13.2. The molecule has 7 nitrogen and oxygen atoms in total. The Morgan fingerprint density at radius 2 is 1.88 bits per heavy atom. The third-order valence-corrected chi connectivity index (χ3v) is 5.87. The van der Waals surface area contributed by atoms with E-state index in [9.17, 15) is 0 Å². The fourth-order valence-corrected chi connectivity index (χ4v) is 4.09. The predicted molar refractivity (Wildman–Crippen MR) is 125 cm³/mol. The number of benzene rings is 2. The maximum absolute atomic E-state index is 5.68. The number of para-hydroxylation sites is 2. The molecular weight excluding hydrogens is 422 g/mol. The molecule has 0 fully saturated rings. The molecule has 0 unspecified atom stereocenters. The van der Waals surface area contributed by atoms with Crippen LogP contribution in [-0.2, 0) is 6.54 Å². The molecule has 5 aromatic rings. The fourth-order valence-electron chi connectivity index (χ4n) is 3.39. The largest absolute Gasteiger partial charge is 0.495 e. The highest BCUT2D eigenvalue weighted by atomic mass is 32.1. The minimum atomic E-state index is 0.438. The van der Waals surface area contributed by atoms with Gasteiger partial charge in [-0.2, -0.15) is 0 Å². The number of aryl methyl sites for hydroxylation is 1. The average Bonchev–Trinajstić information content (AvgIpc) is 3.58. The van der Waals surface area contributed by atoms with Crippen LogP contribution < -0.4 is 10.1 Å². The van der Waals surface area contributed by atoms with Gasteiger partial charge in [0.25, 0.3) is 0 Å². The van der Waals surface area contributed by atoms with E-state index in [0.717, 1.165) is 33.4 Å². The van der Waals surface area contributed by atoms with Gasteiger partial charge in [0.1, 0.15) is 12.0 Å². The maximum atomic E-state index is 5.68. The molecule has 0 amide bonds. The Labute approximate surface area is 189 Å². The van der Waals surface area contributed by atoms with Crippen molar-refractivity contribution in [2.75, 3.05) is 12.4 Å². The Balaban J connectivity index is 1.45. The van der Waals surface area contributed by atoms with Gasteiger partial charge in [-0.3, -0.25) is 4.57 Å². The van der Waals surface area contributed by atoms with Crippen LogP contribution in [-0.4, -0.2) is 26.9 Å². The zero-order valence-corrected chi connectivity index (χ0v) is 18.5. The lowest BCUT2D eigenvalue weighted by atomic mass is 10.1. The van der Waals surface area contributed by atoms with Gasteiger partial charge >= 0.3 is 0 Å². The molecule has 2 aromatic carbocycles. The molecule has 0 aliphatic rings. The van der Waals surface area contributed by atoms with Gasteiger partial charge in [-0.15, -0.1) is 21.5 Å². The Hall–Kier alpha value is -3.91. The Kier molecular flexibility index (Phi) is 5.43. The first kappa shape index (κ1) is 20.0. The molecule has 3 heterocycles. The summed E-state index contributed by atoms with van der Waals surface area (Å²) in [5.41, 5.74) is 3.76. The summed E-state index contributed by atoms with van der Waals surface area (Å²) in [6, 6.07) is 19.9. The minimum Gasteiger partial charge on any atom is -0.495 e. The number of thiophene rings is 1. The van der Waals surface area contributed by atoms with E-state index in [0.29, 0.717) is 18.4 Å². The second-order valence-electron chi connectivity index (χ2n) is 7.20. The number of anilines is 1. The van der Waals surface area contributed by atoms with Gasteiger partial charge < -0.3 is 14.5 Å². The Morgan fingerprint density at radius 1 is 1.03 bits per heavy atom. The number of aromatic nitrogens is 4. The van der Waals surface area contributed by atoms with Crippen molar-refractivity contribution >= 4 is 17.3 Å². The van der Waals surface area contributed by atoms with Gasteiger partial charge in [0, 0.05) is 5.56 Å². The lowest BCUT2D eigenvalue weighted by molar-refractivity contribution is 0.413. The molecule has 5 rings (SSSR count). The predicted octanol–water partition coefficient (Wildman–Crippen LogP) is 5.58. The van der Waals surface area contributed by atoms with Crippen LogP contribution in [0.5, 0.6) is 5.75 Å². The normalized spacial score (nSPS) is 10.9. The molecule has 0 bridgehead atoms. The summed E-state index contributed by atoms with van der Waals surface area (Å²) in [7, 11) is 1.66. The lowest BCUT2D eigenvalue weighted by Gasteiger charge is -2.13. The summed E-state index contributed by atoms with van der Waals surface area (Å²) in [5, 5.41) is 14.2. The number of nitrogens with zero attached hydrogens (tertiary/aromatic N) is 4. The summed E-state index contributed by atoms with van der Waals surface area (Å²) in [6.45, 7) is 2.49. The SMILES string of the molecule is COc1ccccc1-n1c(NCc2coc(-c3ccc(C)cc3)n2)nnc1-c1cccs1. The van der Waals surface area contributed by atoms with Crippen LogP contribution in [0.25, 0.3) is 27.8 Å². The van der Waals surface area contributed by atoms with E-state index in [2.05, 4.69) is 27.4 Å². The molecule has 1 N–H and O–H groups in total. The molecule has 0 aliphatic heterocycles. The van der Waals surface area contributed by atoms with Crippen molar-refractivity contribution in [1.29, 1.82) is 0 Å². The van der Waals surface area contributed by atoms with E-state index in [4.69, 9.17) is 9.15 Å². The third kappa shape index (κ3) is 3.88. The molecule has 0 radical (unpaired) electrons. The highest BCUT2D eigenvalue weighted by Gasteiger charge is 2.19. The van der Waals surface area contributed by atoms with Crippen molar-refractivity contribution in [2.45, 2.75) is 13.5 Å². The van der Waals surface area contributed by atoms with Gasteiger partial charge in [-0.25, -0.2) is 4.98 Å². The van der Waals surface area contributed by atoms with Crippen molar-refractivity contribution in [1.82, 2.24) is 19.7 Å². The van der Waals surface area contributed by atoms with Crippen LogP contribution in [0, 0.1) is 6.92 Å². The molecular formula is C24H21N5O2S. The van der Waals surface area contributed by atoms with Crippen LogP contribution in [0.1, 0.15) is 11.3 Å². The number of methoxy groups -OCH3 is 1. The molecule has 0 spiro atoms. The second kappa shape index (κ2) is 8.68. The van der Waals surface area contributed by atoms with Crippen molar-refractivity contribution in [3.63, 3.8) is 0 Å². The van der Waals surface area contributed by atoms with Crippen molar-refractivity contribution in [3.05, 3.63) is 83.6 Å². The molecule has 3 aromatic heterocycles. The number of oxazole rings is 1. The lowest BCUT2D eigenvalue weighted by Crippen LogP contribution is -2.08. The monoisotopic (exact) mass is 443 g/mol. The molecule has 8 heteroatoms. The number of ether oxygens (including phenoxy) is 1. The highest BCUT2D eigenvalue weighted by molar-refractivity contribution is 7.13. The van der Waals surface area contributed by atoms with Gasteiger partial charge in [-0.1, -0.05) is 35.9 Å². The minimum absolute atomic E-state index is 0.438. The number of hydrogen-bond acceptors (Lipinski definition) is 7. The topological polar surface area (TPSA) is 78.0 Å². The second-order valence-corrected chi connectivity index (χ2v) is 8.14. The van der Waals surface area contributed by atoms with Crippen LogP contribution in [0.2, 0.25) is 0 Å². The summed E-state index contributed by atoms with van der Waals surface area (Å²) in [6.07, 6.45) is 1.66. The van der Waals surface area contributed by atoms with Crippen molar-refractivity contribution in [2.24, 2.45) is 0 Å². The zero-order valence-electron chi connectivity index (χ0n) is 17.6. The summed E-state index contributed by atoms with van der Waals surface area (Å²) in [4.78, 5) is 5.62.